The second-order valence-electron chi connectivity index (χ2n) is 7.84. The minimum atomic E-state index is -0.349. The third kappa shape index (κ3) is 3.67. The van der Waals surface area contributed by atoms with E-state index in [0.717, 1.165) is 22.5 Å². The van der Waals surface area contributed by atoms with Gasteiger partial charge in [0.1, 0.15) is 11.4 Å². The molecule has 162 valence electrons. The first-order valence-electron chi connectivity index (χ1n) is 10.4. The van der Waals surface area contributed by atoms with Crippen molar-refractivity contribution < 1.29 is 9.18 Å². The number of amides is 1. The van der Waals surface area contributed by atoms with Gasteiger partial charge in [-0.05, 0) is 36.8 Å². The van der Waals surface area contributed by atoms with Gasteiger partial charge in [0.2, 0.25) is 0 Å². The lowest BCUT2D eigenvalue weighted by Gasteiger charge is -2.36. The summed E-state index contributed by atoms with van der Waals surface area (Å²) in [7, 11) is 0. The highest BCUT2D eigenvalue weighted by molar-refractivity contribution is 7.15. The number of carbonyl (C=O) groups is 1. The Balaban J connectivity index is 1.40. The van der Waals surface area contributed by atoms with Crippen molar-refractivity contribution >= 4 is 27.9 Å². The monoisotopic (exact) mass is 448 g/mol. The van der Waals surface area contributed by atoms with Crippen molar-refractivity contribution in [3.8, 4) is 11.3 Å². The number of aromatic nitrogens is 2. The van der Waals surface area contributed by atoms with E-state index >= 15 is 0 Å². The predicted octanol–water partition coefficient (Wildman–Crippen LogP) is 3.83. The molecule has 1 aliphatic rings. The van der Waals surface area contributed by atoms with Gasteiger partial charge in [0, 0.05) is 43.4 Å². The molecule has 1 aliphatic heterocycles. The summed E-state index contributed by atoms with van der Waals surface area (Å²) >= 11 is 1.38. The summed E-state index contributed by atoms with van der Waals surface area (Å²) in [6.07, 6.45) is 1.39. The first-order chi connectivity index (χ1) is 15.5. The molecule has 1 saturated heterocycles. The highest BCUT2D eigenvalue weighted by Crippen LogP contribution is 2.24. The summed E-state index contributed by atoms with van der Waals surface area (Å²) in [5.74, 6) is -0.582. The van der Waals surface area contributed by atoms with Crippen LogP contribution in [0.25, 0.3) is 16.2 Å². The molecule has 1 amide bonds. The van der Waals surface area contributed by atoms with Crippen LogP contribution in [-0.4, -0.2) is 46.4 Å². The van der Waals surface area contributed by atoms with E-state index in [1.54, 1.807) is 17.0 Å². The van der Waals surface area contributed by atoms with E-state index in [1.165, 1.54) is 34.1 Å². The van der Waals surface area contributed by atoms with Gasteiger partial charge >= 0.3 is 0 Å². The van der Waals surface area contributed by atoms with Crippen LogP contribution in [0.15, 0.2) is 64.9 Å². The standard InChI is InChI=1S/C24H21FN4O2S/c1-16-2-4-17(5-3-16)21-15-32-24-26-14-20(23(31)29(21)24)22(30)28-12-10-27(11-13-28)19-8-6-18(25)7-9-19/h2-9,14-15H,10-13H2,1H3. The molecule has 4 aromatic rings. The number of carbonyl (C=O) groups excluding carboxylic acids is 1. The van der Waals surface area contributed by atoms with Crippen LogP contribution in [-0.2, 0) is 0 Å². The van der Waals surface area contributed by atoms with Gasteiger partial charge < -0.3 is 9.80 Å². The Morgan fingerprint density at radius 2 is 1.69 bits per heavy atom. The number of hydrogen-bond acceptors (Lipinski definition) is 5. The van der Waals surface area contributed by atoms with Gasteiger partial charge in [-0.1, -0.05) is 29.8 Å². The molecule has 5 rings (SSSR count). The number of nitrogens with zero attached hydrogens (tertiary/aromatic N) is 4. The van der Waals surface area contributed by atoms with Crippen molar-refractivity contribution in [1.82, 2.24) is 14.3 Å². The molecule has 2 aromatic heterocycles. The molecule has 0 radical (unpaired) electrons. The van der Waals surface area contributed by atoms with Crippen LogP contribution >= 0.6 is 11.3 Å². The Kier molecular flexibility index (Phi) is 5.22. The summed E-state index contributed by atoms with van der Waals surface area (Å²) in [6.45, 7) is 4.19. The third-order valence-electron chi connectivity index (χ3n) is 5.78. The molecule has 0 spiro atoms. The molecule has 2 aromatic carbocycles. The fourth-order valence-electron chi connectivity index (χ4n) is 3.95. The lowest BCUT2D eigenvalue weighted by molar-refractivity contribution is 0.0744. The Morgan fingerprint density at radius 1 is 1.00 bits per heavy atom. The van der Waals surface area contributed by atoms with Crippen LogP contribution in [0.5, 0.6) is 0 Å². The Morgan fingerprint density at radius 3 is 2.38 bits per heavy atom. The number of halogens is 1. The number of fused-ring (bicyclic) bond motifs is 1. The summed E-state index contributed by atoms with van der Waals surface area (Å²) in [4.78, 5) is 35.2. The van der Waals surface area contributed by atoms with E-state index in [9.17, 15) is 14.0 Å². The van der Waals surface area contributed by atoms with Crippen LogP contribution in [0.3, 0.4) is 0 Å². The normalized spacial score (nSPS) is 14.2. The molecular weight excluding hydrogens is 427 g/mol. The van der Waals surface area contributed by atoms with Gasteiger partial charge in [-0.3, -0.25) is 14.0 Å². The highest BCUT2D eigenvalue weighted by atomic mass is 32.1. The topological polar surface area (TPSA) is 57.9 Å². The summed E-state index contributed by atoms with van der Waals surface area (Å²) in [6, 6.07) is 14.3. The van der Waals surface area contributed by atoms with E-state index in [1.807, 2.05) is 36.6 Å². The average Bonchev–Trinajstić information content (AvgIpc) is 3.25. The van der Waals surface area contributed by atoms with Crippen molar-refractivity contribution in [2.24, 2.45) is 0 Å². The molecule has 0 bridgehead atoms. The Labute approximate surface area is 188 Å². The number of rotatable bonds is 3. The number of benzene rings is 2. The van der Waals surface area contributed by atoms with Crippen LogP contribution in [0.2, 0.25) is 0 Å². The molecule has 0 saturated carbocycles. The van der Waals surface area contributed by atoms with Crippen molar-refractivity contribution in [3.63, 3.8) is 0 Å². The van der Waals surface area contributed by atoms with Gasteiger partial charge in [-0.2, -0.15) is 0 Å². The van der Waals surface area contributed by atoms with E-state index in [4.69, 9.17) is 0 Å². The third-order valence-corrected chi connectivity index (χ3v) is 6.62. The molecular formula is C24H21FN4O2S. The number of thiazole rings is 1. The number of anilines is 1. The molecule has 0 atom stereocenters. The van der Waals surface area contributed by atoms with E-state index in [2.05, 4.69) is 9.88 Å². The zero-order chi connectivity index (χ0) is 22.2. The van der Waals surface area contributed by atoms with Crippen LogP contribution in [0.1, 0.15) is 15.9 Å². The summed E-state index contributed by atoms with van der Waals surface area (Å²) in [5, 5.41) is 1.89. The maximum atomic E-state index is 13.3. The average molecular weight is 449 g/mol. The van der Waals surface area contributed by atoms with Crippen LogP contribution < -0.4 is 10.5 Å². The fourth-order valence-corrected chi connectivity index (χ4v) is 4.81. The van der Waals surface area contributed by atoms with Crippen molar-refractivity contribution in [1.29, 1.82) is 0 Å². The number of piperazine rings is 1. The maximum Gasteiger partial charge on any atom is 0.271 e. The SMILES string of the molecule is Cc1ccc(-c2csc3ncc(C(=O)N4CCN(c5ccc(F)cc5)CC4)c(=O)n23)cc1. The molecule has 3 heterocycles. The smallest absolute Gasteiger partial charge is 0.271 e. The first-order valence-corrected chi connectivity index (χ1v) is 11.3. The molecule has 0 aliphatic carbocycles. The first kappa shape index (κ1) is 20.4. The zero-order valence-electron chi connectivity index (χ0n) is 17.5. The van der Waals surface area contributed by atoms with Crippen LogP contribution in [0.4, 0.5) is 10.1 Å². The number of hydrogen-bond donors (Lipinski definition) is 0. The van der Waals surface area contributed by atoms with Crippen molar-refractivity contribution in [2.75, 3.05) is 31.1 Å². The Bertz CT molecular complexity index is 1340. The minimum Gasteiger partial charge on any atom is -0.368 e. The maximum absolute atomic E-state index is 13.3. The molecule has 32 heavy (non-hydrogen) atoms. The van der Waals surface area contributed by atoms with E-state index < -0.39 is 0 Å². The van der Waals surface area contributed by atoms with E-state index in [0.29, 0.717) is 31.1 Å². The summed E-state index contributed by atoms with van der Waals surface area (Å²) in [5.41, 5.74) is 3.42. The molecule has 6 nitrogen and oxygen atoms in total. The zero-order valence-corrected chi connectivity index (χ0v) is 18.3. The second-order valence-corrected chi connectivity index (χ2v) is 8.67. The molecule has 8 heteroatoms. The van der Waals surface area contributed by atoms with Crippen molar-refractivity contribution in [2.45, 2.75) is 6.92 Å². The van der Waals surface area contributed by atoms with E-state index in [-0.39, 0.29) is 22.8 Å². The predicted molar refractivity (Wildman–Crippen MR) is 124 cm³/mol. The van der Waals surface area contributed by atoms with Gasteiger partial charge in [0.05, 0.1) is 5.69 Å². The van der Waals surface area contributed by atoms with Gasteiger partial charge in [0.25, 0.3) is 11.5 Å². The highest BCUT2D eigenvalue weighted by Gasteiger charge is 2.25. The van der Waals surface area contributed by atoms with Gasteiger partial charge in [-0.15, -0.1) is 11.3 Å². The quantitative estimate of drug-likeness (QED) is 0.478. The van der Waals surface area contributed by atoms with Crippen molar-refractivity contribution in [3.05, 3.63) is 87.4 Å². The largest absolute Gasteiger partial charge is 0.368 e. The fraction of sp³-hybridized carbons (Fsp3) is 0.208. The van der Waals surface area contributed by atoms with Crippen LogP contribution in [0, 0.1) is 12.7 Å². The summed E-state index contributed by atoms with van der Waals surface area (Å²) < 4.78 is 14.7. The van der Waals surface area contributed by atoms with Gasteiger partial charge in [0.15, 0.2) is 4.96 Å². The van der Waals surface area contributed by atoms with Gasteiger partial charge in [-0.25, -0.2) is 9.37 Å². The number of aryl methyl sites for hydroxylation is 1. The second kappa shape index (κ2) is 8.20. The molecule has 0 N–H and O–H groups in total. The molecule has 0 unspecified atom stereocenters. The Hall–Kier alpha value is -3.52. The lowest BCUT2D eigenvalue weighted by Crippen LogP contribution is -2.49. The molecule has 1 fully saturated rings. The minimum absolute atomic E-state index is 0.0736. The lowest BCUT2D eigenvalue weighted by atomic mass is 10.1.